The molecule has 18 heavy (non-hydrogen) atoms. The minimum atomic E-state index is 0.912. The molecule has 0 atom stereocenters. The van der Waals surface area contributed by atoms with Gasteiger partial charge < -0.3 is 14.8 Å². The van der Waals surface area contributed by atoms with E-state index in [1.165, 1.54) is 17.1 Å². The van der Waals surface area contributed by atoms with E-state index in [9.17, 15) is 0 Å². The molecule has 4 heteroatoms. The zero-order valence-electron chi connectivity index (χ0n) is 10.6. The van der Waals surface area contributed by atoms with Gasteiger partial charge in [0.05, 0.1) is 29.9 Å². The van der Waals surface area contributed by atoms with Crippen molar-refractivity contribution in [2.24, 2.45) is 7.05 Å². The maximum Gasteiger partial charge on any atom is 0.0946 e. The first-order valence-corrected chi connectivity index (χ1v) is 6.37. The quantitative estimate of drug-likeness (QED) is 0.876. The van der Waals surface area contributed by atoms with Gasteiger partial charge in [0, 0.05) is 26.3 Å². The third-order valence-electron chi connectivity index (χ3n) is 3.43. The Balaban J connectivity index is 1.90. The lowest BCUT2D eigenvalue weighted by molar-refractivity contribution is 0.721. The van der Waals surface area contributed by atoms with Crippen LogP contribution in [0.25, 0.3) is 0 Å². The number of nitrogens with zero attached hydrogens (tertiary/aromatic N) is 3. The van der Waals surface area contributed by atoms with Crippen molar-refractivity contribution in [1.29, 1.82) is 0 Å². The standard InChI is InChI=1S/C14H18N4/c1-17-11-15-9-12(17)10-18-8-4-7-16-13-5-2-3-6-14(13)18/h2-3,5-6,9,11,16H,4,7-8,10H2,1H3. The first-order chi connectivity index (χ1) is 8.84. The summed E-state index contributed by atoms with van der Waals surface area (Å²) in [6.45, 7) is 3.03. The fourth-order valence-electron chi connectivity index (χ4n) is 2.41. The van der Waals surface area contributed by atoms with Gasteiger partial charge in [-0.05, 0) is 18.6 Å². The smallest absolute Gasteiger partial charge is 0.0946 e. The second-order valence-electron chi connectivity index (χ2n) is 4.71. The van der Waals surface area contributed by atoms with Crippen LogP contribution in [0, 0.1) is 0 Å². The van der Waals surface area contributed by atoms with Crippen LogP contribution in [0.2, 0.25) is 0 Å². The lowest BCUT2D eigenvalue weighted by Gasteiger charge is -2.24. The van der Waals surface area contributed by atoms with Crippen LogP contribution in [-0.4, -0.2) is 22.6 Å². The molecule has 0 radical (unpaired) electrons. The number of para-hydroxylation sites is 2. The van der Waals surface area contributed by atoms with E-state index in [0.29, 0.717) is 0 Å². The summed E-state index contributed by atoms with van der Waals surface area (Å²) in [7, 11) is 2.05. The minimum absolute atomic E-state index is 0.912. The highest BCUT2D eigenvalue weighted by Gasteiger charge is 2.15. The Hall–Kier alpha value is -1.97. The van der Waals surface area contributed by atoms with E-state index >= 15 is 0 Å². The molecule has 4 nitrogen and oxygen atoms in total. The number of aryl methyl sites for hydroxylation is 1. The molecule has 0 unspecified atom stereocenters. The zero-order valence-corrected chi connectivity index (χ0v) is 10.6. The molecule has 0 saturated carbocycles. The first kappa shape index (κ1) is 11.1. The van der Waals surface area contributed by atoms with Crippen molar-refractivity contribution >= 4 is 11.4 Å². The van der Waals surface area contributed by atoms with Gasteiger partial charge in [0.2, 0.25) is 0 Å². The fourth-order valence-corrected chi connectivity index (χ4v) is 2.41. The van der Waals surface area contributed by atoms with Crippen LogP contribution in [-0.2, 0) is 13.6 Å². The Bertz CT molecular complexity index is 532. The monoisotopic (exact) mass is 242 g/mol. The normalized spacial score (nSPS) is 14.8. The van der Waals surface area contributed by atoms with E-state index in [4.69, 9.17) is 0 Å². The Morgan fingerprint density at radius 2 is 2.22 bits per heavy atom. The number of imidazole rings is 1. The van der Waals surface area contributed by atoms with Crippen molar-refractivity contribution in [1.82, 2.24) is 9.55 Å². The van der Waals surface area contributed by atoms with E-state index in [1.54, 1.807) is 0 Å². The van der Waals surface area contributed by atoms with Gasteiger partial charge in [0.25, 0.3) is 0 Å². The molecule has 94 valence electrons. The Morgan fingerprint density at radius 3 is 3.06 bits per heavy atom. The molecule has 0 fully saturated rings. The SMILES string of the molecule is Cn1cncc1CN1CCCNc2ccccc21. The lowest BCUT2D eigenvalue weighted by atomic mass is 10.2. The molecular formula is C14H18N4. The molecule has 2 heterocycles. The predicted octanol–water partition coefficient (Wildman–Crippen LogP) is 2.24. The summed E-state index contributed by atoms with van der Waals surface area (Å²) in [6.07, 6.45) is 4.96. The molecule has 1 aliphatic heterocycles. The van der Waals surface area contributed by atoms with Gasteiger partial charge in [-0.1, -0.05) is 12.1 Å². The molecule has 1 aromatic heterocycles. The van der Waals surface area contributed by atoms with Crippen molar-refractivity contribution < 1.29 is 0 Å². The van der Waals surface area contributed by atoms with E-state index < -0.39 is 0 Å². The third kappa shape index (κ3) is 2.06. The first-order valence-electron chi connectivity index (χ1n) is 6.37. The number of hydrogen-bond donors (Lipinski definition) is 1. The Kier molecular flexibility index (Phi) is 2.92. The van der Waals surface area contributed by atoms with E-state index in [2.05, 4.69) is 44.0 Å². The van der Waals surface area contributed by atoms with Gasteiger partial charge in [-0.15, -0.1) is 0 Å². The topological polar surface area (TPSA) is 33.1 Å². The third-order valence-corrected chi connectivity index (χ3v) is 3.43. The average molecular weight is 242 g/mol. The fraction of sp³-hybridized carbons (Fsp3) is 0.357. The lowest BCUT2D eigenvalue weighted by Crippen LogP contribution is -2.24. The van der Waals surface area contributed by atoms with Crippen LogP contribution in [0.1, 0.15) is 12.1 Å². The van der Waals surface area contributed by atoms with Crippen LogP contribution < -0.4 is 10.2 Å². The van der Waals surface area contributed by atoms with Crippen LogP contribution >= 0.6 is 0 Å². The molecule has 1 aromatic carbocycles. The van der Waals surface area contributed by atoms with Crippen molar-refractivity contribution in [3.63, 3.8) is 0 Å². The second kappa shape index (κ2) is 4.72. The van der Waals surface area contributed by atoms with Gasteiger partial charge in [0.15, 0.2) is 0 Å². The number of aromatic nitrogens is 2. The Morgan fingerprint density at radius 1 is 1.33 bits per heavy atom. The molecule has 3 rings (SSSR count). The van der Waals surface area contributed by atoms with Gasteiger partial charge >= 0.3 is 0 Å². The van der Waals surface area contributed by atoms with Crippen molar-refractivity contribution in [2.75, 3.05) is 23.3 Å². The summed E-state index contributed by atoms with van der Waals surface area (Å²) < 4.78 is 2.08. The highest BCUT2D eigenvalue weighted by atomic mass is 15.2. The molecule has 0 spiro atoms. The molecule has 1 aliphatic rings. The van der Waals surface area contributed by atoms with Crippen LogP contribution in [0.5, 0.6) is 0 Å². The van der Waals surface area contributed by atoms with Crippen LogP contribution in [0.4, 0.5) is 11.4 Å². The van der Waals surface area contributed by atoms with E-state index in [1.807, 2.05) is 19.6 Å². The predicted molar refractivity (Wildman–Crippen MR) is 73.8 cm³/mol. The molecule has 2 aromatic rings. The van der Waals surface area contributed by atoms with E-state index in [0.717, 1.165) is 26.1 Å². The summed E-state index contributed by atoms with van der Waals surface area (Å²) in [5.41, 5.74) is 3.76. The number of hydrogen-bond acceptors (Lipinski definition) is 3. The largest absolute Gasteiger partial charge is 0.383 e. The number of nitrogens with one attached hydrogen (secondary N) is 1. The Labute approximate surface area is 107 Å². The van der Waals surface area contributed by atoms with Crippen molar-refractivity contribution in [3.05, 3.63) is 42.5 Å². The van der Waals surface area contributed by atoms with Gasteiger partial charge in [-0.25, -0.2) is 4.98 Å². The molecular weight excluding hydrogens is 224 g/mol. The van der Waals surface area contributed by atoms with Crippen molar-refractivity contribution in [2.45, 2.75) is 13.0 Å². The summed E-state index contributed by atoms with van der Waals surface area (Å²) in [5, 5.41) is 3.49. The van der Waals surface area contributed by atoms with Gasteiger partial charge in [-0.2, -0.15) is 0 Å². The highest BCUT2D eigenvalue weighted by Crippen LogP contribution is 2.28. The molecule has 0 saturated heterocycles. The second-order valence-corrected chi connectivity index (χ2v) is 4.71. The minimum Gasteiger partial charge on any atom is -0.383 e. The van der Waals surface area contributed by atoms with E-state index in [-0.39, 0.29) is 0 Å². The van der Waals surface area contributed by atoms with Crippen LogP contribution in [0.15, 0.2) is 36.8 Å². The molecule has 0 amide bonds. The zero-order chi connectivity index (χ0) is 12.4. The number of rotatable bonds is 2. The number of anilines is 2. The number of fused-ring (bicyclic) bond motifs is 1. The highest BCUT2D eigenvalue weighted by molar-refractivity contribution is 5.70. The maximum atomic E-state index is 4.19. The molecule has 0 bridgehead atoms. The van der Waals surface area contributed by atoms with Gasteiger partial charge in [-0.3, -0.25) is 0 Å². The summed E-state index contributed by atoms with van der Waals surface area (Å²) >= 11 is 0. The van der Waals surface area contributed by atoms with Crippen LogP contribution in [0.3, 0.4) is 0 Å². The summed E-state index contributed by atoms with van der Waals surface area (Å²) in [6, 6.07) is 8.52. The summed E-state index contributed by atoms with van der Waals surface area (Å²) in [5.74, 6) is 0. The van der Waals surface area contributed by atoms with Crippen molar-refractivity contribution in [3.8, 4) is 0 Å². The maximum absolute atomic E-state index is 4.19. The molecule has 0 aliphatic carbocycles. The average Bonchev–Trinajstić information content (AvgIpc) is 2.68. The molecule has 1 N–H and O–H groups in total. The van der Waals surface area contributed by atoms with Gasteiger partial charge in [0.1, 0.15) is 0 Å². The number of benzene rings is 1. The summed E-state index contributed by atoms with van der Waals surface area (Å²) in [4.78, 5) is 6.61.